The van der Waals surface area contributed by atoms with E-state index >= 15 is 0 Å². The Hall–Kier alpha value is -0.260. The fourth-order valence-electron chi connectivity index (χ4n) is 2.39. The first-order valence-electron chi connectivity index (χ1n) is 6.69. The summed E-state index contributed by atoms with van der Waals surface area (Å²) in [5.41, 5.74) is 0. The van der Waals surface area contributed by atoms with Gasteiger partial charge < -0.3 is 10.2 Å². The van der Waals surface area contributed by atoms with Gasteiger partial charge in [-0.1, -0.05) is 0 Å². The molecule has 1 aliphatic rings. The molecule has 3 nitrogen and oxygen atoms in total. The molecule has 18 heavy (non-hydrogen) atoms. The minimum absolute atomic E-state index is 0.647. The van der Waals surface area contributed by atoms with Crippen molar-refractivity contribution in [2.24, 2.45) is 0 Å². The highest BCUT2D eigenvalue weighted by Crippen LogP contribution is 2.22. The van der Waals surface area contributed by atoms with Gasteiger partial charge in [0.05, 0.1) is 0 Å². The van der Waals surface area contributed by atoms with Crippen LogP contribution < -0.4 is 10.2 Å². The predicted molar refractivity (Wildman–Crippen MR) is 82.9 cm³/mol. The Labute approximate surface area is 118 Å². The number of hydrogen-bond acceptors (Lipinski definition) is 5. The monoisotopic (exact) mass is 285 g/mol. The number of thioether (sulfide) groups is 1. The average molecular weight is 285 g/mol. The Balaban J connectivity index is 1.70. The van der Waals surface area contributed by atoms with Crippen molar-refractivity contribution in [1.82, 2.24) is 10.3 Å². The number of hydrogen-bond donors (Lipinski definition) is 1. The van der Waals surface area contributed by atoms with Crippen molar-refractivity contribution in [3.8, 4) is 0 Å². The van der Waals surface area contributed by atoms with E-state index in [9.17, 15) is 0 Å². The first kappa shape index (κ1) is 14.2. The second-order valence-electron chi connectivity index (χ2n) is 4.93. The van der Waals surface area contributed by atoms with Crippen LogP contribution in [0.3, 0.4) is 0 Å². The minimum atomic E-state index is 0.647. The second kappa shape index (κ2) is 7.36. The summed E-state index contributed by atoms with van der Waals surface area (Å²) in [5.74, 6) is 1.26. The molecule has 1 N–H and O–H groups in total. The lowest BCUT2D eigenvalue weighted by Crippen LogP contribution is -2.45. The highest BCUT2D eigenvalue weighted by Gasteiger charge is 2.21. The summed E-state index contributed by atoms with van der Waals surface area (Å²) in [6.07, 6.45) is 7.83. The number of piperidine rings is 1. The topological polar surface area (TPSA) is 28.2 Å². The van der Waals surface area contributed by atoms with Gasteiger partial charge in [0.15, 0.2) is 5.13 Å². The van der Waals surface area contributed by atoms with Gasteiger partial charge in [0.1, 0.15) is 0 Å². The number of nitrogens with zero attached hydrogens (tertiary/aromatic N) is 2. The zero-order chi connectivity index (χ0) is 12.8. The molecule has 0 saturated carbocycles. The van der Waals surface area contributed by atoms with Crippen molar-refractivity contribution >= 4 is 28.2 Å². The standard InChI is InChI=1S/C13H23N3S2/c1-11(5-9-17-2)15-12-3-7-16(8-4-12)13-14-6-10-18-13/h6,10-12,15H,3-5,7-9H2,1-2H3/t11-/m1/s1. The first-order chi connectivity index (χ1) is 8.79. The van der Waals surface area contributed by atoms with Crippen molar-refractivity contribution in [3.05, 3.63) is 11.6 Å². The Morgan fingerprint density at radius 1 is 1.56 bits per heavy atom. The fraction of sp³-hybridized carbons (Fsp3) is 0.769. The lowest BCUT2D eigenvalue weighted by Gasteiger charge is -2.33. The van der Waals surface area contributed by atoms with Gasteiger partial charge in [0.25, 0.3) is 0 Å². The quantitative estimate of drug-likeness (QED) is 0.870. The second-order valence-corrected chi connectivity index (χ2v) is 6.78. The summed E-state index contributed by atoms with van der Waals surface area (Å²) in [4.78, 5) is 6.80. The van der Waals surface area contributed by atoms with Crippen LogP contribution in [0, 0.1) is 0 Å². The number of thiazole rings is 1. The lowest BCUT2D eigenvalue weighted by molar-refractivity contribution is 0.373. The molecule has 0 unspecified atom stereocenters. The normalized spacial score (nSPS) is 19.1. The maximum atomic E-state index is 4.39. The Morgan fingerprint density at radius 2 is 2.33 bits per heavy atom. The molecule has 0 amide bonds. The van der Waals surface area contributed by atoms with Crippen LogP contribution in [0.5, 0.6) is 0 Å². The molecule has 0 radical (unpaired) electrons. The van der Waals surface area contributed by atoms with E-state index in [1.165, 1.54) is 30.1 Å². The third-order valence-corrected chi connectivity index (χ3v) is 4.94. The zero-order valence-electron chi connectivity index (χ0n) is 11.3. The summed E-state index contributed by atoms with van der Waals surface area (Å²) < 4.78 is 0. The minimum Gasteiger partial charge on any atom is -0.348 e. The van der Waals surface area contributed by atoms with E-state index in [1.54, 1.807) is 11.3 Å². The molecule has 0 aliphatic carbocycles. The largest absolute Gasteiger partial charge is 0.348 e. The Bertz CT molecular complexity index is 321. The predicted octanol–water partition coefficient (Wildman–Crippen LogP) is 2.84. The molecule has 0 spiro atoms. The molecule has 1 aromatic heterocycles. The van der Waals surface area contributed by atoms with E-state index in [4.69, 9.17) is 0 Å². The van der Waals surface area contributed by atoms with Crippen molar-refractivity contribution in [2.75, 3.05) is 30.0 Å². The van der Waals surface area contributed by atoms with Crippen LogP contribution >= 0.6 is 23.1 Å². The average Bonchev–Trinajstić information content (AvgIpc) is 2.91. The van der Waals surface area contributed by atoms with Crippen LogP contribution in [-0.2, 0) is 0 Å². The van der Waals surface area contributed by atoms with Crippen molar-refractivity contribution < 1.29 is 0 Å². The Morgan fingerprint density at radius 3 is 2.94 bits per heavy atom. The molecule has 5 heteroatoms. The third kappa shape index (κ3) is 4.14. The maximum absolute atomic E-state index is 4.39. The van der Waals surface area contributed by atoms with Gasteiger partial charge >= 0.3 is 0 Å². The van der Waals surface area contributed by atoms with Crippen molar-refractivity contribution in [2.45, 2.75) is 38.3 Å². The molecule has 1 aromatic rings. The maximum Gasteiger partial charge on any atom is 0.185 e. The van der Waals surface area contributed by atoms with Gasteiger partial charge in [-0.15, -0.1) is 11.3 Å². The zero-order valence-corrected chi connectivity index (χ0v) is 12.9. The molecule has 1 saturated heterocycles. The van der Waals surface area contributed by atoms with Gasteiger partial charge in [-0.2, -0.15) is 11.8 Å². The van der Waals surface area contributed by atoms with E-state index in [-0.39, 0.29) is 0 Å². The van der Waals surface area contributed by atoms with Gasteiger partial charge in [0.2, 0.25) is 0 Å². The smallest absolute Gasteiger partial charge is 0.185 e. The SMILES string of the molecule is CSCC[C@@H](C)NC1CCN(c2nccs2)CC1. The first-order valence-corrected chi connectivity index (χ1v) is 8.96. The molecule has 102 valence electrons. The van der Waals surface area contributed by atoms with E-state index in [2.05, 4.69) is 33.8 Å². The van der Waals surface area contributed by atoms with Crippen LogP contribution in [0.25, 0.3) is 0 Å². The summed E-state index contributed by atoms with van der Waals surface area (Å²) in [5, 5.41) is 7.01. The van der Waals surface area contributed by atoms with Crippen molar-refractivity contribution in [3.63, 3.8) is 0 Å². The summed E-state index contributed by atoms with van der Waals surface area (Å²) in [6.45, 7) is 4.59. The summed E-state index contributed by atoms with van der Waals surface area (Å²) in [6, 6.07) is 1.34. The molecule has 2 rings (SSSR count). The van der Waals surface area contributed by atoms with Gasteiger partial charge in [-0.25, -0.2) is 4.98 Å². The molecule has 0 bridgehead atoms. The van der Waals surface area contributed by atoms with Crippen molar-refractivity contribution in [1.29, 1.82) is 0 Å². The highest BCUT2D eigenvalue weighted by molar-refractivity contribution is 7.98. The van der Waals surface area contributed by atoms with Gasteiger partial charge in [-0.05, 0) is 38.2 Å². The van der Waals surface area contributed by atoms with Crippen LogP contribution in [-0.4, -0.2) is 42.2 Å². The van der Waals surface area contributed by atoms with Crippen LogP contribution in [0.2, 0.25) is 0 Å². The molecule has 0 aromatic carbocycles. The summed E-state index contributed by atoms with van der Waals surface area (Å²) in [7, 11) is 0. The van der Waals surface area contributed by atoms with Crippen LogP contribution in [0.15, 0.2) is 11.6 Å². The molecular formula is C13H23N3S2. The number of anilines is 1. The fourth-order valence-corrected chi connectivity index (χ4v) is 3.68. The number of aromatic nitrogens is 1. The van der Waals surface area contributed by atoms with E-state index in [1.807, 2.05) is 18.0 Å². The third-order valence-electron chi connectivity index (χ3n) is 3.46. The highest BCUT2D eigenvalue weighted by atomic mass is 32.2. The van der Waals surface area contributed by atoms with E-state index < -0.39 is 0 Å². The van der Waals surface area contributed by atoms with E-state index in [0.29, 0.717) is 12.1 Å². The van der Waals surface area contributed by atoms with Gasteiger partial charge in [-0.3, -0.25) is 0 Å². The summed E-state index contributed by atoms with van der Waals surface area (Å²) >= 11 is 3.68. The molecule has 1 fully saturated rings. The van der Waals surface area contributed by atoms with Crippen LogP contribution in [0.4, 0.5) is 5.13 Å². The lowest BCUT2D eigenvalue weighted by atomic mass is 10.0. The molecule has 2 heterocycles. The number of rotatable bonds is 6. The number of nitrogens with one attached hydrogen (secondary N) is 1. The van der Waals surface area contributed by atoms with Crippen LogP contribution in [0.1, 0.15) is 26.2 Å². The molecular weight excluding hydrogens is 262 g/mol. The van der Waals surface area contributed by atoms with E-state index in [0.717, 1.165) is 13.1 Å². The molecule has 1 aliphatic heterocycles. The molecule has 1 atom stereocenters. The Kier molecular flexibility index (Phi) is 5.79. The van der Waals surface area contributed by atoms with Gasteiger partial charge in [0, 0.05) is 36.8 Å².